The third kappa shape index (κ3) is 4.10. The summed E-state index contributed by atoms with van der Waals surface area (Å²) in [5.41, 5.74) is 2.36. The zero-order chi connectivity index (χ0) is 18.6. The average molecular weight is 386 g/mol. The van der Waals surface area contributed by atoms with E-state index >= 15 is 0 Å². The largest absolute Gasteiger partial charge is 0.494 e. The number of benzene rings is 1. The summed E-state index contributed by atoms with van der Waals surface area (Å²) in [7, 11) is 0. The van der Waals surface area contributed by atoms with Gasteiger partial charge in [0.05, 0.1) is 18.3 Å². The third-order valence-corrected chi connectivity index (χ3v) is 6.47. The first-order chi connectivity index (χ1) is 13.2. The van der Waals surface area contributed by atoms with Gasteiger partial charge in [-0.25, -0.2) is 9.78 Å². The lowest BCUT2D eigenvalue weighted by atomic mass is 10.0. The summed E-state index contributed by atoms with van der Waals surface area (Å²) < 4.78 is 5.53. The Morgan fingerprint density at radius 3 is 2.85 bits per heavy atom. The van der Waals surface area contributed by atoms with Crippen LogP contribution in [-0.2, 0) is 12.8 Å². The highest BCUT2D eigenvalue weighted by Gasteiger charge is 2.30. The van der Waals surface area contributed by atoms with Crippen LogP contribution in [0.3, 0.4) is 0 Å². The molecule has 1 saturated heterocycles. The molecule has 1 aliphatic carbocycles. The van der Waals surface area contributed by atoms with Crippen LogP contribution < -0.4 is 10.1 Å². The summed E-state index contributed by atoms with van der Waals surface area (Å²) in [6, 6.07) is 8.23. The molecule has 1 N–H and O–H groups in total. The van der Waals surface area contributed by atoms with Gasteiger partial charge in [0.1, 0.15) is 5.75 Å². The third-order valence-electron chi connectivity index (χ3n) is 5.40. The number of thiazole rings is 1. The fourth-order valence-corrected chi connectivity index (χ4v) is 5.09. The van der Waals surface area contributed by atoms with E-state index in [1.807, 2.05) is 24.0 Å². The van der Waals surface area contributed by atoms with E-state index in [0.717, 1.165) is 43.1 Å². The second kappa shape index (κ2) is 8.30. The monoisotopic (exact) mass is 385 g/mol. The van der Waals surface area contributed by atoms with Crippen molar-refractivity contribution in [3.05, 3.63) is 40.4 Å². The Morgan fingerprint density at radius 2 is 2.04 bits per heavy atom. The van der Waals surface area contributed by atoms with Crippen LogP contribution in [0.1, 0.15) is 61.2 Å². The molecule has 0 radical (unpaired) electrons. The molecular formula is C21H27N3O2S. The topological polar surface area (TPSA) is 54.5 Å². The molecule has 0 saturated carbocycles. The SMILES string of the molecule is CCOc1ccc(C2CCCN2C(=O)Nc2nc3c(s2)CCCCC3)cc1. The number of aryl methyl sites for hydroxylation is 2. The number of carbonyl (C=O) groups excluding carboxylic acids is 1. The molecule has 1 unspecified atom stereocenters. The molecule has 27 heavy (non-hydrogen) atoms. The maximum atomic E-state index is 12.9. The zero-order valence-corrected chi connectivity index (χ0v) is 16.7. The molecule has 1 fully saturated rings. The van der Waals surface area contributed by atoms with Crippen LogP contribution in [0.4, 0.5) is 9.93 Å². The van der Waals surface area contributed by atoms with Crippen molar-refractivity contribution >= 4 is 22.5 Å². The van der Waals surface area contributed by atoms with Crippen LogP contribution in [0, 0.1) is 0 Å². The van der Waals surface area contributed by atoms with Crippen LogP contribution in [0.25, 0.3) is 0 Å². The van der Waals surface area contributed by atoms with Gasteiger partial charge in [-0.2, -0.15) is 0 Å². The van der Waals surface area contributed by atoms with Crippen molar-refractivity contribution in [3.63, 3.8) is 0 Å². The van der Waals surface area contributed by atoms with Gasteiger partial charge < -0.3 is 9.64 Å². The van der Waals surface area contributed by atoms with Gasteiger partial charge in [-0.3, -0.25) is 5.32 Å². The number of amides is 2. The number of urea groups is 1. The number of nitrogens with zero attached hydrogens (tertiary/aromatic N) is 2. The average Bonchev–Trinajstić information content (AvgIpc) is 3.25. The fraction of sp³-hybridized carbons (Fsp3) is 0.524. The quantitative estimate of drug-likeness (QED) is 0.738. The molecule has 2 aliphatic rings. The number of rotatable bonds is 4. The van der Waals surface area contributed by atoms with Gasteiger partial charge in [-0.15, -0.1) is 11.3 Å². The van der Waals surface area contributed by atoms with E-state index in [0.29, 0.717) is 6.61 Å². The standard InChI is InChI=1S/C21H27N3O2S/c1-2-26-16-12-10-15(11-13-16)18-8-6-14-24(18)21(25)23-20-22-17-7-4-3-5-9-19(17)27-20/h10-13,18H,2-9,14H2,1H3,(H,22,23,25). The number of fused-ring (bicyclic) bond motifs is 1. The Balaban J connectivity index is 1.44. The van der Waals surface area contributed by atoms with Crippen LogP contribution in [0.15, 0.2) is 24.3 Å². The summed E-state index contributed by atoms with van der Waals surface area (Å²) >= 11 is 1.65. The Kier molecular flexibility index (Phi) is 5.62. The highest BCUT2D eigenvalue weighted by atomic mass is 32.1. The smallest absolute Gasteiger partial charge is 0.324 e. The predicted octanol–water partition coefficient (Wildman–Crippen LogP) is 5.18. The van der Waals surface area contributed by atoms with Crippen molar-refractivity contribution in [1.82, 2.24) is 9.88 Å². The van der Waals surface area contributed by atoms with Crippen molar-refractivity contribution < 1.29 is 9.53 Å². The maximum absolute atomic E-state index is 12.9. The first-order valence-electron chi connectivity index (χ1n) is 10.0. The molecule has 5 nitrogen and oxygen atoms in total. The van der Waals surface area contributed by atoms with Gasteiger partial charge in [0.25, 0.3) is 0 Å². The Morgan fingerprint density at radius 1 is 1.22 bits per heavy atom. The molecule has 2 heterocycles. The summed E-state index contributed by atoms with van der Waals surface area (Å²) in [5.74, 6) is 0.875. The van der Waals surface area contributed by atoms with Crippen molar-refractivity contribution in [2.75, 3.05) is 18.5 Å². The number of hydrogen-bond acceptors (Lipinski definition) is 4. The van der Waals surface area contributed by atoms with Gasteiger partial charge in [0.15, 0.2) is 5.13 Å². The van der Waals surface area contributed by atoms with Gasteiger partial charge in [-0.05, 0) is 63.1 Å². The van der Waals surface area contributed by atoms with Crippen LogP contribution >= 0.6 is 11.3 Å². The van der Waals surface area contributed by atoms with E-state index in [2.05, 4.69) is 17.4 Å². The minimum absolute atomic E-state index is 0.0321. The van der Waals surface area contributed by atoms with Crippen molar-refractivity contribution in [3.8, 4) is 5.75 Å². The summed E-state index contributed by atoms with van der Waals surface area (Å²) in [4.78, 5) is 20.9. The molecule has 144 valence electrons. The number of nitrogens with one attached hydrogen (secondary N) is 1. The summed E-state index contributed by atoms with van der Waals surface area (Å²) in [6.07, 6.45) is 7.88. The number of aromatic nitrogens is 1. The van der Waals surface area contributed by atoms with E-state index < -0.39 is 0 Å². The van der Waals surface area contributed by atoms with E-state index in [1.54, 1.807) is 11.3 Å². The lowest BCUT2D eigenvalue weighted by molar-refractivity contribution is 0.207. The van der Waals surface area contributed by atoms with E-state index in [-0.39, 0.29) is 12.1 Å². The predicted molar refractivity (Wildman–Crippen MR) is 109 cm³/mol. The number of likely N-dealkylation sites (tertiary alicyclic amines) is 1. The van der Waals surface area contributed by atoms with Gasteiger partial charge in [0.2, 0.25) is 0 Å². The van der Waals surface area contributed by atoms with E-state index in [9.17, 15) is 4.79 Å². The van der Waals surface area contributed by atoms with Crippen LogP contribution in [0.2, 0.25) is 0 Å². The van der Waals surface area contributed by atoms with Crippen molar-refractivity contribution in [2.24, 2.45) is 0 Å². The highest BCUT2D eigenvalue weighted by molar-refractivity contribution is 7.15. The second-order valence-electron chi connectivity index (χ2n) is 7.23. The van der Waals surface area contributed by atoms with Gasteiger partial charge >= 0.3 is 6.03 Å². The number of ether oxygens (including phenoxy) is 1. The molecule has 1 aliphatic heterocycles. The zero-order valence-electron chi connectivity index (χ0n) is 15.9. The molecular weight excluding hydrogens is 358 g/mol. The molecule has 0 spiro atoms. The normalized spacial score (nSPS) is 19.4. The second-order valence-corrected chi connectivity index (χ2v) is 8.32. The Labute approximate surface area is 164 Å². The molecule has 6 heteroatoms. The lowest BCUT2D eigenvalue weighted by Crippen LogP contribution is -2.34. The number of anilines is 1. The molecule has 1 atom stereocenters. The van der Waals surface area contributed by atoms with Gasteiger partial charge in [-0.1, -0.05) is 18.6 Å². The van der Waals surface area contributed by atoms with Gasteiger partial charge in [0, 0.05) is 11.4 Å². The number of carbonyl (C=O) groups is 1. The van der Waals surface area contributed by atoms with E-state index in [1.165, 1.54) is 35.4 Å². The lowest BCUT2D eigenvalue weighted by Gasteiger charge is -2.25. The van der Waals surface area contributed by atoms with Crippen molar-refractivity contribution in [2.45, 2.75) is 57.9 Å². The Hall–Kier alpha value is -2.08. The molecule has 4 rings (SSSR count). The first kappa shape index (κ1) is 18.3. The first-order valence-corrected chi connectivity index (χ1v) is 10.8. The number of hydrogen-bond donors (Lipinski definition) is 1. The minimum atomic E-state index is -0.0321. The molecule has 0 bridgehead atoms. The fourth-order valence-electron chi connectivity index (χ4n) is 4.05. The van der Waals surface area contributed by atoms with Crippen molar-refractivity contribution in [1.29, 1.82) is 0 Å². The summed E-state index contributed by atoms with van der Waals surface area (Å²) in [5, 5.41) is 3.82. The molecule has 2 aromatic rings. The van der Waals surface area contributed by atoms with E-state index in [4.69, 9.17) is 9.72 Å². The molecule has 1 aromatic heterocycles. The van der Waals surface area contributed by atoms with Crippen LogP contribution in [0.5, 0.6) is 5.75 Å². The highest BCUT2D eigenvalue weighted by Crippen LogP contribution is 2.34. The van der Waals surface area contributed by atoms with Crippen LogP contribution in [-0.4, -0.2) is 29.1 Å². The summed E-state index contributed by atoms with van der Waals surface area (Å²) in [6.45, 7) is 3.43. The Bertz CT molecular complexity index is 764. The molecule has 1 aromatic carbocycles. The maximum Gasteiger partial charge on any atom is 0.324 e. The minimum Gasteiger partial charge on any atom is -0.494 e. The molecule has 2 amide bonds.